The summed E-state index contributed by atoms with van der Waals surface area (Å²) in [6.07, 6.45) is 8.09. The number of rotatable bonds is 1. The van der Waals surface area contributed by atoms with E-state index in [0.29, 0.717) is 25.7 Å². The highest BCUT2D eigenvalue weighted by Gasteiger charge is 2.69. The number of ketones is 1. The average Bonchev–Trinajstić information content (AvgIpc) is 2.79. The monoisotopic (exact) mass is 382 g/mol. The average molecular weight is 383 g/mol. The Kier molecular flexibility index (Phi) is 3.89. The first-order valence-corrected chi connectivity index (χ1v) is 10.5. The first kappa shape index (κ1) is 17.8. The fourth-order valence-corrected chi connectivity index (χ4v) is 7.76. The number of hydrogen-bond donors (Lipinski definition) is 1. The van der Waals surface area contributed by atoms with Crippen LogP contribution in [0.15, 0.2) is 33.7 Å². The molecule has 25 heavy (non-hydrogen) atoms. The van der Waals surface area contributed by atoms with Crippen molar-refractivity contribution in [3.05, 3.63) is 33.7 Å². The highest BCUT2D eigenvalue weighted by atomic mass is 35.5. The molecule has 4 rings (SSSR count). The molecule has 0 aromatic heterocycles. The van der Waals surface area contributed by atoms with E-state index in [1.165, 1.54) is 6.08 Å². The van der Waals surface area contributed by atoms with Gasteiger partial charge in [0.1, 0.15) is 0 Å². The zero-order chi connectivity index (χ0) is 18.2. The Hall–Kier alpha value is -0.580. The van der Waals surface area contributed by atoms with Gasteiger partial charge >= 0.3 is 0 Å². The summed E-state index contributed by atoms with van der Waals surface area (Å²) in [4.78, 5) is 12.9. The Bertz CT molecular complexity index is 744. The van der Waals surface area contributed by atoms with E-state index in [9.17, 15) is 9.90 Å². The molecule has 4 aliphatic carbocycles. The molecular weight excluding hydrogens is 359 g/mol. The molecular formula is C20H24ClFO2S. The van der Waals surface area contributed by atoms with Gasteiger partial charge in [0.15, 0.2) is 11.5 Å². The number of aliphatic hydroxyl groups excluding tert-OH is 1. The molecule has 0 aliphatic heterocycles. The summed E-state index contributed by atoms with van der Waals surface area (Å²) in [6.45, 7) is 3.98. The number of aliphatic hydroxyl groups is 1. The molecule has 0 aromatic rings. The van der Waals surface area contributed by atoms with Gasteiger partial charge in [-0.25, -0.2) is 4.39 Å². The van der Waals surface area contributed by atoms with E-state index < -0.39 is 17.2 Å². The van der Waals surface area contributed by atoms with Crippen LogP contribution in [0.2, 0.25) is 0 Å². The number of thioether (sulfide) groups is 1. The third-order valence-corrected chi connectivity index (χ3v) is 8.98. The first-order valence-electron chi connectivity index (χ1n) is 8.93. The van der Waals surface area contributed by atoms with Gasteiger partial charge in [0, 0.05) is 26.7 Å². The van der Waals surface area contributed by atoms with Crippen LogP contribution in [0.25, 0.3) is 0 Å². The molecule has 1 N–H and O–H groups in total. The van der Waals surface area contributed by atoms with E-state index >= 15 is 4.39 Å². The lowest BCUT2D eigenvalue weighted by atomic mass is 9.46. The van der Waals surface area contributed by atoms with E-state index in [1.807, 2.05) is 13.2 Å². The Labute approximate surface area is 157 Å². The summed E-state index contributed by atoms with van der Waals surface area (Å²) in [6, 6.07) is 0. The summed E-state index contributed by atoms with van der Waals surface area (Å²) in [7, 11) is 0. The number of allylic oxidation sites excluding steroid dienone is 6. The predicted molar refractivity (Wildman–Crippen MR) is 100 cm³/mol. The second-order valence-corrected chi connectivity index (χ2v) is 9.68. The van der Waals surface area contributed by atoms with Crippen LogP contribution in [0, 0.1) is 22.7 Å². The topological polar surface area (TPSA) is 37.3 Å². The number of fused-ring (bicyclic) bond motifs is 5. The lowest BCUT2D eigenvalue weighted by Crippen LogP contribution is -2.66. The van der Waals surface area contributed by atoms with Crippen molar-refractivity contribution in [3.63, 3.8) is 0 Å². The van der Waals surface area contributed by atoms with Gasteiger partial charge in [-0.3, -0.25) is 4.79 Å². The van der Waals surface area contributed by atoms with Crippen molar-refractivity contribution in [1.29, 1.82) is 0 Å². The lowest BCUT2D eigenvalue weighted by Gasteiger charge is -2.61. The smallest absolute Gasteiger partial charge is 0.178 e. The van der Waals surface area contributed by atoms with Crippen LogP contribution in [0.5, 0.6) is 0 Å². The summed E-state index contributed by atoms with van der Waals surface area (Å²) < 4.78 is 16.7. The van der Waals surface area contributed by atoms with Gasteiger partial charge in [0.05, 0.1) is 6.10 Å². The molecule has 0 saturated heterocycles. The minimum absolute atomic E-state index is 0.0834. The normalized spacial score (nSPS) is 48.8. The fraction of sp³-hybridized carbons (Fsp3) is 0.650. The summed E-state index contributed by atoms with van der Waals surface area (Å²) in [5.41, 5.74) is -2.12. The van der Waals surface area contributed by atoms with E-state index in [0.717, 1.165) is 15.5 Å². The van der Waals surface area contributed by atoms with Crippen LogP contribution < -0.4 is 0 Å². The Balaban J connectivity index is 1.83. The van der Waals surface area contributed by atoms with Crippen molar-refractivity contribution in [3.8, 4) is 0 Å². The molecule has 2 nitrogen and oxygen atoms in total. The maximum atomic E-state index is 16.7. The van der Waals surface area contributed by atoms with Crippen molar-refractivity contribution in [2.45, 2.75) is 51.3 Å². The van der Waals surface area contributed by atoms with Gasteiger partial charge in [-0.05, 0) is 56.9 Å². The second-order valence-electron chi connectivity index (χ2n) is 8.41. The molecule has 0 bridgehead atoms. The Morgan fingerprint density at radius 3 is 2.76 bits per heavy atom. The van der Waals surface area contributed by atoms with Gasteiger partial charge < -0.3 is 5.11 Å². The first-order chi connectivity index (χ1) is 11.7. The predicted octanol–water partition coefficient (Wildman–Crippen LogP) is 4.78. The summed E-state index contributed by atoms with van der Waals surface area (Å²) in [5.74, 6) is -0.250. The molecule has 0 unspecified atom stereocenters. The van der Waals surface area contributed by atoms with Gasteiger partial charge in [-0.15, -0.1) is 11.8 Å². The lowest BCUT2D eigenvalue weighted by molar-refractivity contribution is -0.184. The van der Waals surface area contributed by atoms with E-state index in [4.69, 9.17) is 11.6 Å². The van der Waals surface area contributed by atoms with Crippen molar-refractivity contribution >= 4 is 29.1 Å². The van der Waals surface area contributed by atoms with Gasteiger partial charge in [0.25, 0.3) is 0 Å². The third-order valence-electron chi connectivity index (χ3n) is 7.40. The second kappa shape index (κ2) is 5.46. The van der Waals surface area contributed by atoms with Crippen LogP contribution in [0.4, 0.5) is 4.39 Å². The highest BCUT2D eigenvalue weighted by molar-refractivity contribution is 8.02. The van der Waals surface area contributed by atoms with Crippen molar-refractivity contribution in [2.24, 2.45) is 22.7 Å². The SMILES string of the molecule is CSC1=C(Cl)C[C@H]2[C@@H]3CCC4=CC(=O)C=C[C@]4(C)[C@@]3(F)[C@@H](O)C[C@]12C. The van der Waals surface area contributed by atoms with Gasteiger partial charge in [-0.2, -0.15) is 0 Å². The molecule has 5 heteroatoms. The van der Waals surface area contributed by atoms with E-state index in [-0.39, 0.29) is 23.0 Å². The third kappa shape index (κ3) is 2.05. The fourth-order valence-electron chi connectivity index (χ4n) is 6.14. The number of halogens is 2. The maximum absolute atomic E-state index is 16.7. The molecule has 4 aliphatic rings. The number of carbonyl (C=O) groups excluding carboxylic acids is 1. The molecule has 0 heterocycles. The molecule has 0 aromatic carbocycles. The molecule has 2 saturated carbocycles. The maximum Gasteiger partial charge on any atom is 0.178 e. The quantitative estimate of drug-likeness (QED) is 0.709. The minimum atomic E-state index is -1.76. The molecule has 2 fully saturated rings. The zero-order valence-corrected chi connectivity index (χ0v) is 16.4. The summed E-state index contributed by atoms with van der Waals surface area (Å²) >= 11 is 8.17. The highest BCUT2D eigenvalue weighted by Crippen LogP contribution is 2.69. The Morgan fingerprint density at radius 1 is 1.36 bits per heavy atom. The molecule has 0 radical (unpaired) electrons. The zero-order valence-electron chi connectivity index (χ0n) is 14.8. The van der Waals surface area contributed by atoms with Gasteiger partial charge in [-0.1, -0.05) is 30.2 Å². The van der Waals surface area contributed by atoms with Crippen molar-refractivity contribution in [1.82, 2.24) is 0 Å². The molecule has 6 atom stereocenters. The van der Waals surface area contributed by atoms with Crippen LogP contribution in [0.3, 0.4) is 0 Å². The number of carbonyl (C=O) groups is 1. The number of alkyl halides is 1. The van der Waals surface area contributed by atoms with Crippen LogP contribution in [-0.4, -0.2) is 28.9 Å². The Morgan fingerprint density at radius 2 is 2.08 bits per heavy atom. The van der Waals surface area contributed by atoms with Crippen LogP contribution >= 0.6 is 23.4 Å². The van der Waals surface area contributed by atoms with E-state index in [1.54, 1.807) is 23.9 Å². The largest absolute Gasteiger partial charge is 0.390 e. The molecule has 0 spiro atoms. The van der Waals surface area contributed by atoms with Gasteiger partial charge in [0.2, 0.25) is 0 Å². The minimum Gasteiger partial charge on any atom is -0.390 e. The molecule has 0 amide bonds. The summed E-state index contributed by atoms with van der Waals surface area (Å²) in [5, 5.41) is 11.9. The molecule has 136 valence electrons. The van der Waals surface area contributed by atoms with Crippen LogP contribution in [-0.2, 0) is 4.79 Å². The standard InChI is InChI=1S/C20H24ClFO2S/c1-18-10-16(24)20(22)13(14(18)9-15(21)17(18)25-3)5-4-11-8-12(23)6-7-19(11,20)2/h6-8,13-14,16,24H,4-5,9-10H2,1-3H3/t13-,14-,16-,18-,19-,20-/m0/s1. The van der Waals surface area contributed by atoms with E-state index in [2.05, 4.69) is 6.92 Å². The number of hydrogen-bond acceptors (Lipinski definition) is 3. The van der Waals surface area contributed by atoms with Crippen LogP contribution in [0.1, 0.15) is 39.5 Å². The van der Waals surface area contributed by atoms with Crippen molar-refractivity contribution < 1.29 is 14.3 Å². The van der Waals surface area contributed by atoms with Crippen molar-refractivity contribution in [2.75, 3.05) is 6.26 Å².